The second kappa shape index (κ2) is 9.30. The number of ether oxygens (including phenoxy) is 2. The average molecular weight is 470 g/mol. The number of anilines is 1. The van der Waals surface area contributed by atoms with E-state index in [-0.39, 0.29) is 11.8 Å². The van der Waals surface area contributed by atoms with E-state index in [1.54, 1.807) is 55.7 Å². The number of nitrogen functional groups attached to an aromatic ring is 1. The summed E-state index contributed by atoms with van der Waals surface area (Å²) in [7, 11) is 1.58. The number of nitrogens with zero attached hydrogens (tertiary/aromatic N) is 6. The van der Waals surface area contributed by atoms with Crippen molar-refractivity contribution in [2.24, 2.45) is 0 Å². The van der Waals surface area contributed by atoms with Crippen molar-refractivity contribution in [3.05, 3.63) is 54.6 Å². The Balaban J connectivity index is 1.45. The molecular weight excluding hydrogens is 446 g/mol. The van der Waals surface area contributed by atoms with Crippen molar-refractivity contribution in [2.75, 3.05) is 25.9 Å². The molecule has 0 aromatic carbocycles. The molecule has 10 heteroatoms. The molecule has 10 nitrogen and oxygen atoms in total. The van der Waals surface area contributed by atoms with E-state index in [0.717, 1.165) is 23.2 Å². The van der Waals surface area contributed by atoms with Gasteiger partial charge in [-0.25, -0.2) is 19.9 Å². The van der Waals surface area contributed by atoms with Crippen LogP contribution in [0.1, 0.15) is 25.0 Å². The topological polar surface area (TPSA) is 121 Å². The molecular formula is C25H23N7O3. The third-order valence-corrected chi connectivity index (χ3v) is 5.85. The lowest BCUT2D eigenvalue weighted by molar-refractivity contribution is -0.124. The summed E-state index contributed by atoms with van der Waals surface area (Å²) in [4.78, 5) is 31.8. The summed E-state index contributed by atoms with van der Waals surface area (Å²) in [5.41, 5.74) is 8.72. The van der Waals surface area contributed by atoms with Gasteiger partial charge < -0.3 is 20.1 Å². The first-order chi connectivity index (χ1) is 17.1. The highest BCUT2D eigenvalue weighted by molar-refractivity contribution is 5.93. The maximum atomic E-state index is 12.2. The number of likely N-dealkylation sites (tertiary alicyclic amines) is 1. The molecule has 5 heterocycles. The first-order valence-corrected chi connectivity index (χ1v) is 11.1. The van der Waals surface area contributed by atoms with Crippen molar-refractivity contribution in [3.63, 3.8) is 0 Å². The number of methoxy groups -OCH3 is 1. The minimum absolute atomic E-state index is 0.0675. The smallest absolute Gasteiger partial charge is 0.298 e. The van der Waals surface area contributed by atoms with Crippen molar-refractivity contribution in [3.8, 4) is 40.7 Å². The largest absolute Gasteiger partial charge is 0.497 e. The number of aromatic nitrogens is 5. The Morgan fingerprint density at radius 2 is 2.00 bits per heavy atom. The Bertz CT molecular complexity index is 1450. The highest BCUT2D eigenvalue weighted by Gasteiger charge is 2.30. The van der Waals surface area contributed by atoms with Crippen LogP contribution in [0.4, 0.5) is 5.95 Å². The van der Waals surface area contributed by atoms with E-state index in [0.29, 0.717) is 42.4 Å². The molecule has 1 atom stereocenters. The van der Waals surface area contributed by atoms with Gasteiger partial charge in [-0.1, -0.05) is 5.92 Å². The molecule has 1 aliphatic rings. The predicted molar refractivity (Wildman–Crippen MR) is 129 cm³/mol. The third kappa shape index (κ3) is 4.31. The highest BCUT2D eigenvalue weighted by atomic mass is 16.5. The molecule has 176 valence electrons. The zero-order valence-electron chi connectivity index (χ0n) is 19.3. The van der Waals surface area contributed by atoms with Crippen LogP contribution in [-0.2, 0) is 4.79 Å². The van der Waals surface area contributed by atoms with E-state index in [1.807, 2.05) is 16.5 Å². The van der Waals surface area contributed by atoms with E-state index >= 15 is 0 Å². The number of carbonyl (C=O) groups is 1. The zero-order chi connectivity index (χ0) is 24.4. The summed E-state index contributed by atoms with van der Waals surface area (Å²) < 4.78 is 12.8. The van der Waals surface area contributed by atoms with E-state index in [1.165, 1.54) is 0 Å². The van der Waals surface area contributed by atoms with Gasteiger partial charge in [0.25, 0.3) is 5.91 Å². The van der Waals surface area contributed by atoms with Gasteiger partial charge in [-0.05, 0) is 37.5 Å². The Morgan fingerprint density at radius 1 is 1.14 bits per heavy atom. The Kier molecular flexibility index (Phi) is 5.89. The fourth-order valence-corrected chi connectivity index (χ4v) is 4.19. The van der Waals surface area contributed by atoms with E-state index < -0.39 is 0 Å². The van der Waals surface area contributed by atoms with Gasteiger partial charge in [0.1, 0.15) is 11.6 Å². The molecule has 0 saturated carbocycles. The molecule has 1 amide bonds. The second-order valence-electron chi connectivity index (χ2n) is 7.98. The van der Waals surface area contributed by atoms with Crippen LogP contribution in [-0.4, -0.2) is 55.3 Å². The van der Waals surface area contributed by atoms with Gasteiger partial charge >= 0.3 is 0 Å². The normalized spacial score (nSPS) is 15.0. The maximum absolute atomic E-state index is 12.2. The first kappa shape index (κ1) is 22.2. The molecule has 1 fully saturated rings. The van der Waals surface area contributed by atoms with Gasteiger partial charge in [0.2, 0.25) is 17.7 Å². The summed E-state index contributed by atoms with van der Waals surface area (Å²) in [5, 5.41) is 0. The van der Waals surface area contributed by atoms with Gasteiger partial charge in [-0.15, -0.1) is 0 Å². The highest BCUT2D eigenvalue weighted by Crippen LogP contribution is 2.34. The van der Waals surface area contributed by atoms with Gasteiger partial charge in [0.05, 0.1) is 18.3 Å². The van der Waals surface area contributed by atoms with Crippen LogP contribution < -0.4 is 15.2 Å². The van der Waals surface area contributed by atoms with Gasteiger partial charge in [0.15, 0.2) is 0 Å². The number of hydrogen-bond acceptors (Lipinski definition) is 8. The van der Waals surface area contributed by atoms with E-state index in [4.69, 9.17) is 20.2 Å². The van der Waals surface area contributed by atoms with Crippen LogP contribution in [0.15, 0.2) is 48.9 Å². The number of pyridine rings is 2. The van der Waals surface area contributed by atoms with E-state index in [2.05, 4.69) is 26.8 Å². The molecule has 1 aliphatic heterocycles. The molecule has 4 aromatic rings. The lowest BCUT2D eigenvalue weighted by Crippen LogP contribution is -2.26. The Labute approximate surface area is 201 Å². The van der Waals surface area contributed by atoms with Crippen LogP contribution in [0.25, 0.3) is 16.9 Å². The van der Waals surface area contributed by atoms with Gasteiger partial charge in [-0.2, -0.15) is 0 Å². The fraction of sp³-hybridized carbons (Fsp3) is 0.240. The summed E-state index contributed by atoms with van der Waals surface area (Å²) in [6, 6.07) is 8.90. The van der Waals surface area contributed by atoms with Crippen LogP contribution in [0.3, 0.4) is 0 Å². The first-order valence-electron chi connectivity index (χ1n) is 11.1. The zero-order valence-corrected chi connectivity index (χ0v) is 19.3. The van der Waals surface area contributed by atoms with Gasteiger partial charge in [0, 0.05) is 55.3 Å². The third-order valence-electron chi connectivity index (χ3n) is 5.85. The van der Waals surface area contributed by atoms with Crippen LogP contribution in [0, 0.1) is 11.8 Å². The fourth-order valence-electron chi connectivity index (χ4n) is 4.19. The molecule has 1 saturated heterocycles. The molecule has 0 aliphatic carbocycles. The number of carbonyl (C=O) groups excluding carboxylic acids is 1. The molecule has 0 spiro atoms. The number of hydrogen-bond donors (Lipinski definition) is 1. The quantitative estimate of drug-likeness (QED) is 0.443. The molecule has 2 N–H and O–H groups in total. The van der Waals surface area contributed by atoms with Crippen LogP contribution >= 0.6 is 0 Å². The molecule has 5 rings (SSSR count). The number of imidazole rings is 1. The summed E-state index contributed by atoms with van der Waals surface area (Å²) >= 11 is 0. The minimum atomic E-state index is -0.162. The lowest BCUT2D eigenvalue weighted by atomic mass is 10.0. The average Bonchev–Trinajstić information content (AvgIpc) is 3.51. The number of amides is 1. The predicted octanol–water partition coefficient (Wildman–Crippen LogP) is 2.91. The maximum Gasteiger partial charge on any atom is 0.298 e. The van der Waals surface area contributed by atoms with Gasteiger partial charge in [-0.3, -0.25) is 9.20 Å². The molecule has 35 heavy (non-hydrogen) atoms. The molecule has 0 bridgehead atoms. The lowest BCUT2D eigenvalue weighted by Gasteiger charge is -2.12. The number of nitrogens with two attached hydrogens (primary N) is 1. The minimum Gasteiger partial charge on any atom is -0.497 e. The van der Waals surface area contributed by atoms with Crippen LogP contribution in [0.2, 0.25) is 0 Å². The van der Waals surface area contributed by atoms with Crippen molar-refractivity contribution in [1.29, 1.82) is 0 Å². The summed E-state index contributed by atoms with van der Waals surface area (Å²) in [5.74, 6) is 7.53. The van der Waals surface area contributed by atoms with Crippen molar-refractivity contribution in [1.82, 2.24) is 29.2 Å². The van der Waals surface area contributed by atoms with E-state index in [9.17, 15) is 4.79 Å². The summed E-state index contributed by atoms with van der Waals surface area (Å²) in [6.07, 6.45) is 5.73. The van der Waals surface area contributed by atoms with Crippen LogP contribution in [0.5, 0.6) is 17.5 Å². The molecule has 1 unspecified atom stereocenters. The Hall–Kier alpha value is -4.65. The SMILES string of the molecule is CC#CC(=O)N1CCC(c2nc(-c3ccc(Oc4cc(OC)ccn4)nc3)n3c(N)nccc23)C1. The summed E-state index contributed by atoms with van der Waals surface area (Å²) in [6.45, 7) is 2.85. The second-order valence-corrected chi connectivity index (χ2v) is 7.98. The van der Waals surface area contributed by atoms with Crippen molar-refractivity contribution < 1.29 is 14.3 Å². The molecule has 0 radical (unpaired) electrons. The Morgan fingerprint density at radius 3 is 2.77 bits per heavy atom. The molecule has 4 aromatic heterocycles. The standard InChI is InChI=1S/C25H23N7O3/c1-3-4-22(33)31-12-9-17(15-31)23-19-8-11-28-25(26)32(19)24(30-23)16-5-6-20(29-14-16)35-21-13-18(34-2)7-10-27-21/h5-8,10-11,13-14,17H,9,12,15H2,1-2H3,(H2,26,28). The van der Waals surface area contributed by atoms with Crippen molar-refractivity contribution >= 4 is 17.4 Å². The van der Waals surface area contributed by atoms with Crippen molar-refractivity contribution in [2.45, 2.75) is 19.3 Å². The number of rotatable bonds is 5. The monoisotopic (exact) mass is 469 g/mol. The number of fused-ring (bicyclic) bond motifs is 1.